The van der Waals surface area contributed by atoms with Crippen molar-refractivity contribution in [3.8, 4) is 0 Å². The van der Waals surface area contributed by atoms with Gasteiger partial charge in [0.1, 0.15) is 6.17 Å². The van der Waals surface area contributed by atoms with Gasteiger partial charge < -0.3 is 4.90 Å². The van der Waals surface area contributed by atoms with Crippen LogP contribution in [0.1, 0.15) is 75.5 Å². The van der Waals surface area contributed by atoms with Crippen molar-refractivity contribution < 1.29 is 4.79 Å². The van der Waals surface area contributed by atoms with Gasteiger partial charge in [-0.25, -0.2) is 0 Å². The first-order valence-corrected chi connectivity index (χ1v) is 9.73. The maximum absolute atomic E-state index is 13.3. The molecule has 1 amide bonds. The van der Waals surface area contributed by atoms with Crippen molar-refractivity contribution in [3.63, 3.8) is 0 Å². The van der Waals surface area contributed by atoms with Gasteiger partial charge in [0.25, 0.3) is 0 Å². The third-order valence-electron chi connectivity index (χ3n) is 6.23. The first kappa shape index (κ1) is 16.1. The Morgan fingerprint density at radius 2 is 1.92 bits per heavy atom. The second-order valence-electron chi connectivity index (χ2n) is 7.87. The van der Waals surface area contributed by atoms with Gasteiger partial charge in [0.15, 0.2) is 0 Å². The number of hydrogen-bond donors (Lipinski definition) is 1. The smallest absolute Gasteiger partial charge is 0.244 e. The molecule has 3 fully saturated rings. The third-order valence-corrected chi connectivity index (χ3v) is 6.23. The van der Waals surface area contributed by atoms with Crippen molar-refractivity contribution in [1.82, 2.24) is 20.0 Å². The summed E-state index contributed by atoms with van der Waals surface area (Å²) in [5, 5.41) is 8.55. The molecule has 2 saturated carbocycles. The van der Waals surface area contributed by atoms with Crippen LogP contribution in [0.15, 0.2) is 0 Å². The highest BCUT2D eigenvalue weighted by molar-refractivity contribution is 5.89. The molecule has 5 heteroatoms. The fourth-order valence-corrected chi connectivity index (χ4v) is 4.76. The molecule has 24 heavy (non-hydrogen) atoms. The lowest BCUT2D eigenvalue weighted by Crippen LogP contribution is -2.44. The molecule has 5 nitrogen and oxygen atoms in total. The molecule has 0 bridgehead atoms. The second-order valence-corrected chi connectivity index (χ2v) is 7.87. The summed E-state index contributed by atoms with van der Waals surface area (Å²) in [6, 6.07) is 0. The van der Waals surface area contributed by atoms with Crippen molar-refractivity contribution in [2.45, 2.75) is 76.9 Å². The summed E-state index contributed by atoms with van der Waals surface area (Å²) < 4.78 is 2.02. The van der Waals surface area contributed by atoms with E-state index in [4.69, 9.17) is 5.10 Å². The molecule has 132 valence electrons. The molecule has 0 unspecified atom stereocenters. The maximum Gasteiger partial charge on any atom is 0.244 e. The quantitative estimate of drug-likeness (QED) is 0.903. The van der Waals surface area contributed by atoms with Gasteiger partial charge in [0.05, 0.1) is 11.2 Å². The average Bonchev–Trinajstić information content (AvgIpc) is 3.07. The standard InChI is InChI=1S/C19H30N4O/c1-4-14-16(15(5-2)22(3)21-14)17-20-19(10-6-7-11-19)18(24)23(17)12-13-8-9-13/h13,17,20H,4-12H2,1-3H3/t17-/m0/s1. The van der Waals surface area contributed by atoms with Crippen LogP contribution >= 0.6 is 0 Å². The van der Waals surface area contributed by atoms with Crippen LogP contribution in [-0.2, 0) is 24.7 Å². The van der Waals surface area contributed by atoms with E-state index >= 15 is 0 Å². The molecule has 1 aromatic rings. The molecular weight excluding hydrogens is 300 g/mol. The topological polar surface area (TPSA) is 50.2 Å². The Morgan fingerprint density at radius 3 is 2.50 bits per heavy atom. The summed E-state index contributed by atoms with van der Waals surface area (Å²) in [7, 11) is 2.04. The molecule has 0 aromatic carbocycles. The van der Waals surface area contributed by atoms with Gasteiger partial charge in [0, 0.05) is 24.8 Å². The molecule has 1 atom stereocenters. The number of aromatic nitrogens is 2. The number of nitrogens with zero attached hydrogens (tertiary/aromatic N) is 3. The number of carbonyl (C=O) groups excluding carboxylic acids is 1. The normalized spacial score (nSPS) is 26.0. The maximum atomic E-state index is 13.3. The highest BCUT2D eigenvalue weighted by atomic mass is 16.2. The first-order chi connectivity index (χ1) is 11.6. The number of amides is 1. The highest BCUT2D eigenvalue weighted by Gasteiger charge is 2.54. The molecule has 2 heterocycles. The van der Waals surface area contributed by atoms with E-state index < -0.39 is 0 Å². The van der Waals surface area contributed by atoms with E-state index in [1.54, 1.807) is 0 Å². The van der Waals surface area contributed by atoms with Gasteiger partial charge in [-0.1, -0.05) is 26.7 Å². The average molecular weight is 330 g/mol. The fourth-order valence-electron chi connectivity index (χ4n) is 4.76. The Bertz CT molecular complexity index is 640. The largest absolute Gasteiger partial charge is 0.321 e. The Morgan fingerprint density at radius 1 is 1.21 bits per heavy atom. The van der Waals surface area contributed by atoms with Crippen LogP contribution in [0.2, 0.25) is 0 Å². The molecule has 3 aliphatic rings. The molecule has 1 aromatic heterocycles. The molecule has 0 radical (unpaired) electrons. The van der Waals surface area contributed by atoms with Crippen LogP contribution in [-0.4, -0.2) is 32.7 Å². The molecule has 1 saturated heterocycles. The van der Waals surface area contributed by atoms with Crippen LogP contribution in [0, 0.1) is 5.92 Å². The minimum atomic E-state index is -0.300. The van der Waals surface area contributed by atoms with Crippen molar-refractivity contribution in [2.75, 3.05) is 6.54 Å². The monoisotopic (exact) mass is 330 g/mol. The summed E-state index contributed by atoms with van der Waals surface area (Å²) in [4.78, 5) is 15.5. The van der Waals surface area contributed by atoms with E-state index in [9.17, 15) is 4.79 Å². The summed E-state index contributed by atoms with van der Waals surface area (Å²) >= 11 is 0. The number of nitrogens with one attached hydrogen (secondary N) is 1. The van der Waals surface area contributed by atoms with Crippen molar-refractivity contribution in [2.24, 2.45) is 13.0 Å². The number of carbonyl (C=O) groups is 1. The Hall–Kier alpha value is -1.36. The molecule has 1 N–H and O–H groups in total. The summed E-state index contributed by atoms with van der Waals surface area (Å²) in [5.41, 5.74) is 3.40. The molecular formula is C19H30N4O. The molecule has 2 aliphatic carbocycles. The summed E-state index contributed by atoms with van der Waals surface area (Å²) in [6.45, 7) is 5.27. The van der Waals surface area contributed by atoms with E-state index in [2.05, 4.69) is 24.1 Å². The van der Waals surface area contributed by atoms with Gasteiger partial charge in [-0.05, 0) is 44.4 Å². The zero-order valence-corrected chi connectivity index (χ0v) is 15.3. The number of hydrogen-bond acceptors (Lipinski definition) is 3. The van der Waals surface area contributed by atoms with Gasteiger partial charge in [-0.15, -0.1) is 0 Å². The predicted octanol–water partition coefficient (Wildman–Crippen LogP) is 2.70. The zero-order chi connectivity index (χ0) is 16.9. The van der Waals surface area contributed by atoms with E-state index in [0.29, 0.717) is 11.8 Å². The van der Waals surface area contributed by atoms with Gasteiger partial charge in [-0.3, -0.25) is 14.8 Å². The van der Waals surface area contributed by atoms with Gasteiger partial charge in [-0.2, -0.15) is 5.10 Å². The van der Waals surface area contributed by atoms with Crippen LogP contribution in [0.3, 0.4) is 0 Å². The van der Waals surface area contributed by atoms with Crippen LogP contribution in [0.5, 0.6) is 0 Å². The van der Waals surface area contributed by atoms with Crippen LogP contribution in [0.4, 0.5) is 0 Å². The predicted molar refractivity (Wildman–Crippen MR) is 93.5 cm³/mol. The van der Waals surface area contributed by atoms with Gasteiger partial charge >= 0.3 is 0 Å². The van der Waals surface area contributed by atoms with E-state index in [1.165, 1.54) is 24.1 Å². The minimum Gasteiger partial charge on any atom is -0.321 e. The van der Waals surface area contributed by atoms with Crippen LogP contribution in [0.25, 0.3) is 0 Å². The van der Waals surface area contributed by atoms with E-state index in [1.807, 2.05) is 11.7 Å². The summed E-state index contributed by atoms with van der Waals surface area (Å²) in [5.74, 6) is 1.06. The number of aryl methyl sites for hydroxylation is 2. The minimum absolute atomic E-state index is 0.0230. The van der Waals surface area contributed by atoms with Crippen molar-refractivity contribution in [3.05, 3.63) is 17.0 Å². The van der Waals surface area contributed by atoms with E-state index in [0.717, 1.165) is 50.8 Å². The van der Waals surface area contributed by atoms with Crippen molar-refractivity contribution in [1.29, 1.82) is 0 Å². The third kappa shape index (κ3) is 2.40. The van der Waals surface area contributed by atoms with Crippen LogP contribution < -0.4 is 5.32 Å². The van der Waals surface area contributed by atoms with Gasteiger partial charge in [0.2, 0.25) is 5.91 Å². The molecule has 1 aliphatic heterocycles. The SMILES string of the molecule is CCc1nn(C)c(CC)c1[C@H]1NC2(CCCC2)C(=O)N1CC1CC1. The fraction of sp³-hybridized carbons (Fsp3) is 0.789. The lowest BCUT2D eigenvalue weighted by molar-refractivity contribution is -0.133. The Labute approximate surface area is 144 Å². The van der Waals surface area contributed by atoms with E-state index in [-0.39, 0.29) is 11.7 Å². The van der Waals surface area contributed by atoms with Crippen molar-refractivity contribution >= 4 is 5.91 Å². The molecule has 1 spiro atoms. The highest BCUT2D eigenvalue weighted by Crippen LogP contribution is 2.44. The molecule has 4 rings (SSSR count). The Balaban J connectivity index is 1.75. The second kappa shape index (κ2) is 5.87. The number of rotatable bonds is 5. The lowest BCUT2D eigenvalue weighted by atomic mass is 9.98. The first-order valence-electron chi connectivity index (χ1n) is 9.73. The summed E-state index contributed by atoms with van der Waals surface area (Å²) in [6.07, 6.45) is 8.76. The Kier molecular flexibility index (Phi) is 3.94. The lowest BCUT2D eigenvalue weighted by Gasteiger charge is -2.25. The zero-order valence-electron chi connectivity index (χ0n) is 15.3.